The number of ether oxygens (including phenoxy) is 1. The van der Waals surface area contributed by atoms with Crippen LogP contribution in [0.5, 0.6) is 0 Å². The van der Waals surface area contributed by atoms with Gasteiger partial charge in [-0.1, -0.05) is 25.5 Å². The number of fused-ring (bicyclic) bond motifs is 5. The van der Waals surface area contributed by atoms with E-state index < -0.39 is 5.60 Å². The van der Waals surface area contributed by atoms with Gasteiger partial charge >= 0.3 is 5.97 Å². The molecule has 0 spiro atoms. The number of rotatable bonds is 2. The average molecular weight is 385 g/mol. The first-order chi connectivity index (χ1) is 13.0. The molecule has 0 N–H and O–H groups in total. The molecule has 2 fully saturated rings. The number of esters is 1. The van der Waals surface area contributed by atoms with Crippen molar-refractivity contribution < 1.29 is 19.1 Å². The van der Waals surface area contributed by atoms with Gasteiger partial charge in [0.05, 0.1) is 0 Å². The molecule has 0 heterocycles. The lowest BCUT2D eigenvalue weighted by atomic mass is 9.47. The first-order valence-corrected chi connectivity index (χ1v) is 10.7. The summed E-state index contributed by atoms with van der Waals surface area (Å²) in [6, 6.07) is 0. The number of carbonyl (C=O) groups excluding carboxylic acids is 3. The minimum atomic E-state index is -0.990. The van der Waals surface area contributed by atoms with Crippen LogP contribution in [0.1, 0.15) is 73.1 Å². The highest BCUT2D eigenvalue weighted by atomic mass is 16.6. The molecule has 0 amide bonds. The zero-order valence-corrected chi connectivity index (χ0v) is 17.8. The van der Waals surface area contributed by atoms with Crippen molar-refractivity contribution in [1.82, 2.24) is 0 Å². The van der Waals surface area contributed by atoms with E-state index in [0.717, 1.165) is 25.7 Å². The Kier molecular flexibility index (Phi) is 4.30. The van der Waals surface area contributed by atoms with E-state index in [0.29, 0.717) is 30.6 Å². The van der Waals surface area contributed by atoms with Crippen LogP contribution in [0.15, 0.2) is 23.3 Å². The number of ketones is 2. The van der Waals surface area contributed by atoms with Crippen molar-refractivity contribution in [3.63, 3.8) is 0 Å². The molecular weight excluding hydrogens is 352 g/mol. The smallest absolute Gasteiger partial charge is 0.303 e. The van der Waals surface area contributed by atoms with Crippen LogP contribution in [-0.2, 0) is 19.1 Å². The molecule has 0 saturated heterocycles. The third kappa shape index (κ3) is 2.39. The highest BCUT2D eigenvalue weighted by Gasteiger charge is 2.67. The first kappa shape index (κ1) is 19.6. The van der Waals surface area contributed by atoms with Crippen LogP contribution in [0.25, 0.3) is 0 Å². The van der Waals surface area contributed by atoms with Crippen molar-refractivity contribution in [3.05, 3.63) is 23.3 Å². The van der Waals surface area contributed by atoms with Gasteiger partial charge in [0.1, 0.15) is 0 Å². The van der Waals surface area contributed by atoms with Crippen molar-refractivity contribution in [3.8, 4) is 0 Å². The van der Waals surface area contributed by atoms with Gasteiger partial charge in [-0.3, -0.25) is 14.4 Å². The Morgan fingerprint density at radius 1 is 1.07 bits per heavy atom. The second kappa shape index (κ2) is 6.14. The number of allylic oxidation sites excluding steroid dienone is 4. The summed E-state index contributed by atoms with van der Waals surface area (Å²) < 4.78 is 5.82. The molecule has 0 aliphatic heterocycles. The summed E-state index contributed by atoms with van der Waals surface area (Å²) >= 11 is 0. The van der Waals surface area contributed by atoms with Gasteiger partial charge in [-0.05, 0) is 80.8 Å². The molecule has 28 heavy (non-hydrogen) atoms. The molecule has 0 radical (unpaired) electrons. The molecule has 4 aliphatic rings. The number of hydrogen-bond acceptors (Lipinski definition) is 4. The van der Waals surface area contributed by atoms with E-state index in [2.05, 4.69) is 26.8 Å². The molecule has 152 valence electrons. The lowest BCUT2D eigenvalue weighted by molar-refractivity contribution is -0.185. The van der Waals surface area contributed by atoms with E-state index >= 15 is 0 Å². The minimum Gasteiger partial charge on any atom is -0.451 e. The maximum atomic E-state index is 12.8. The third-order valence-electron chi connectivity index (χ3n) is 8.84. The lowest BCUT2D eigenvalue weighted by Crippen LogP contribution is -2.58. The Bertz CT molecular complexity index is 820. The Morgan fingerprint density at radius 3 is 2.39 bits per heavy atom. The van der Waals surface area contributed by atoms with Crippen LogP contribution in [0.4, 0.5) is 0 Å². The van der Waals surface area contributed by atoms with Gasteiger partial charge in [-0.15, -0.1) is 0 Å². The largest absolute Gasteiger partial charge is 0.451 e. The minimum absolute atomic E-state index is 0.0160. The highest BCUT2D eigenvalue weighted by Crippen LogP contribution is 2.67. The second-order valence-corrected chi connectivity index (χ2v) is 10.1. The molecule has 4 nitrogen and oxygen atoms in total. The summed E-state index contributed by atoms with van der Waals surface area (Å²) in [6.07, 6.45) is 9.20. The van der Waals surface area contributed by atoms with E-state index in [4.69, 9.17) is 4.74 Å². The SMILES string of the molecule is CC(=O)O[C@]1(C(C)=O)CC[C@@H]2[C@H]3C=C(C)C4=CC(=O)CC[C@]4(C)[C@H]3CC[C@@]21C. The summed E-state index contributed by atoms with van der Waals surface area (Å²) in [5, 5.41) is 0. The third-order valence-corrected chi connectivity index (χ3v) is 8.84. The van der Waals surface area contributed by atoms with Gasteiger partial charge < -0.3 is 4.74 Å². The van der Waals surface area contributed by atoms with Crippen LogP contribution in [0.2, 0.25) is 0 Å². The molecule has 6 atom stereocenters. The number of Topliss-reactive ketones (excluding diaryl/α,β-unsaturated/α-hetero) is 1. The Balaban J connectivity index is 1.79. The van der Waals surface area contributed by atoms with Crippen LogP contribution < -0.4 is 0 Å². The fourth-order valence-corrected chi connectivity index (χ4v) is 7.48. The predicted octanol–water partition coefficient (Wildman–Crippen LogP) is 4.58. The Hall–Kier alpha value is -1.71. The molecule has 2 saturated carbocycles. The summed E-state index contributed by atoms with van der Waals surface area (Å²) in [6.45, 7) is 9.63. The highest BCUT2D eigenvalue weighted by molar-refractivity contribution is 5.92. The summed E-state index contributed by atoms with van der Waals surface area (Å²) in [5.74, 6) is 1.03. The quantitative estimate of drug-likeness (QED) is 0.654. The zero-order valence-electron chi connectivity index (χ0n) is 17.8. The van der Waals surface area contributed by atoms with Crippen molar-refractivity contribution in [2.75, 3.05) is 0 Å². The number of hydrogen-bond donors (Lipinski definition) is 0. The first-order valence-electron chi connectivity index (χ1n) is 10.7. The topological polar surface area (TPSA) is 60.4 Å². The fraction of sp³-hybridized carbons (Fsp3) is 0.708. The van der Waals surface area contributed by atoms with E-state index in [9.17, 15) is 14.4 Å². The van der Waals surface area contributed by atoms with Gasteiger partial charge in [-0.2, -0.15) is 0 Å². The van der Waals surface area contributed by atoms with E-state index in [1.807, 2.05) is 6.08 Å². The van der Waals surface area contributed by atoms with Gasteiger partial charge in [0.15, 0.2) is 17.2 Å². The molecule has 4 rings (SSSR count). The zero-order chi connectivity index (χ0) is 20.5. The Morgan fingerprint density at radius 2 is 1.75 bits per heavy atom. The van der Waals surface area contributed by atoms with Gasteiger partial charge in [-0.25, -0.2) is 0 Å². The monoisotopic (exact) mass is 384 g/mol. The molecule has 0 aromatic rings. The van der Waals surface area contributed by atoms with E-state index in [1.165, 1.54) is 18.1 Å². The second-order valence-electron chi connectivity index (χ2n) is 10.1. The Labute approximate surface area is 167 Å². The predicted molar refractivity (Wildman–Crippen MR) is 106 cm³/mol. The van der Waals surface area contributed by atoms with Crippen LogP contribution in [0, 0.1) is 28.6 Å². The van der Waals surface area contributed by atoms with Gasteiger partial charge in [0.2, 0.25) is 0 Å². The maximum absolute atomic E-state index is 12.8. The molecule has 4 heteroatoms. The normalized spacial score (nSPS) is 44.6. The molecule has 4 aliphatic carbocycles. The fourth-order valence-electron chi connectivity index (χ4n) is 7.48. The molecule has 0 aromatic carbocycles. The summed E-state index contributed by atoms with van der Waals surface area (Å²) in [7, 11) is 0. The maximum Gasteiger partial charge on any atom is 0.303 e. The van der Waals surface area contributed by atoms with E-state index in [-0.39, 0.29) is 28.4 Å². The van der Waals surface area contributed by atoms with Crippen molar-refractivity contribution in [1.29, 1.82) is 0 Å². The summed E-state index contributed by atoms with van der Waals surface area (Å²) in [4.78, 5) is 36.8. The molecule has 0 aromatic heterocycles. The van der Waals surface area contributed by atoms with Gasteiger partial charge in [0, 0.05) is 18.8 Å². The van der Waals surface area contributed by atoms with Crippen LogP contribution in [-0.4, -0.2) is 23.1 Å². The van der Waals surface area contributed by atoms with Crippen molar-refractivity contribution in [2.24, 2.45) is 28.6 Å². The van der Waals surface area contributed by atoms with Crippen molar-refractivity contribution in [2.45, 2.75) is 78.7 Å². The average Bonchev–Trinajstić information content (AvgIpc) is 2.90. The molecule has 0 bridgehead atoms. The lowest BCUT2D eigenvalue weighted by Gasteiger charge is -2.58. The number of carbonyl (C=O) groups is 3. The van der Waals surface area contributed by atoms with Crippen LogP contribution in [0.3, 0.4) is 0 Å². The van der Waals surface area contributed by atoms with Crippen LogP contribution >= 0.6 is 0 Å². The molecular formula is C24H32O4. The standard InChI is InChI=1S/C24H32O4/c1-14-12-18-19(22(4)9-6-17(27)13-21(14)22)7-10-23(5)20(18)8-11-24(23,15(2)25)28-16(3)26/h12-13,18-20H,6-11H2,1-5H3/t18-,19-,20+,22+,23-,24-/m0/s1. The van der Waals surface area contributed by atoms with E-state index in [1.54, 1.807) is 6.92 Å². The summed E-state index contributed by atoms with van der Waals surface area (Å²) in [5.41, 5.74) is 1.15. The van der Waals surface area contributed by atoms with Gasteiger partial charge in [0.25, 0.3) is 0 Å². The van der Waals surface area contributed by atoms with Crippen molar-refractivity contribution >= 4 is 17.5 Å². The molecule has 0 unspecified atom stereocenters.